The van der Waals surface area contributed by atoms with Crippen molar-refractivity contribution >= 4 is 27.9 Å². The van der Waals surface area contributed by atoms with Crippen molar-refractivity contribution in [2.24, 2.45) is 0 Å². The van der Waals surface area contributed by atoms with E-state index >= 15 is 0 Å². The highest BCUT2D eigenvalue weighted by molar-refractivity contribution is 7.90. The van der Waals surface area contributed by atoms with Crippen LogP contribution in [0.2, 0.25) is 0 Å². The van der Waals surface area contributed by atoms with Crippen molar-refractivity contribution in [1.82, 2.24) is 9.62 Å². The Balaban J connectivity index is 1.98. The van der Waals surface area contributed by atoms with Gasteiger partial charge in [0.15, 0.2) is 0 Å². The first-order valence-corrected chi connectivity index (χ1v) is 11.1. The number of carbonyl (C=O) groups excluding carboxylic acids is 3. The van der Waals surface area contributed by atoms with Gasteiger partial charge in [0, 0.05) is 18.9 Å². The fraction of sp³-hybridized carbons (Fsp3) is 0.550. The zero-order valence-electron chi connectivity index (χ0n) is 17.6. The summed E-state index contributed by atoms with van der Waals surface area (Å²) in [6, 6.07) is 7.55. The van der Waals surface area contributed by atoms with Gasteiger partial charge in [-0.25, -0.2) is 13.2 Å². The Labute approximate surface area is 176 Å². The van der Waals surface area contributed by atoms with Gasteiger partial charge in [0.2, 0.25) is 15.9 Å². The largest absolute Gasteiger partial charge is 0.467 e. The Morgan fingerprint density at radius 2 is 1.83 bits per heavy atom. The number of amides is 1. The summed E-state index contributed by atoms with van der Waals surface area (Å²) in [5, 5.41) is 2.60. The van der Waals surface area contributed by atoms with Gasteiger partial charge in [-0.1, -0.05) is 30.3 Å². The van der Waals surface area contributed by atoms with Gasteiger partial charge < -0.3 is 14.8 Å². The van der Waals surface area contributed by atoms with Crippen molar-refractivity contribution in [3.05, 3.63) is 35.9 Å². The second kappa shape index (κ2) is 9.57. The highest BCUT2D eigenvalue weighted by Gasteiger charge is 2.45. The van der Waals surface area contributed by atoms with Gasteiger partial charge >= 0.3 is 11.9 Å². The average Bonchev–Trinajstić information content (AvgIpc) is 2.64. The SMILES string of the molecule is COC(=O)[C@H](Cc1ccccc1)NC(=O)CC1CS(=O)(=O)N1CC(=O)OC(C)(C)C. The lowest BCUT2D eigenvalue weighted by atomic mass is 10.1. The number of sulfonamides is 1. The predicted octanol–water partition coefficient (Wildman–Crippen LogP) is 0.633. The number of rotatable bonds is 8. The molecule has 1 heterocycles. The summed E-state index contributed by atoms with van der Waals surface area (Å²) in [4.78, 5) is 36.5. The summed E-state index contributed by atoms with van der Waals surface area (Å²) in [6.07, 6.45) is 0.0636. The lowest BCUT2D eigenvalue weighted by Crippen LogP contribution is -2.60. The average molecular weight is 441 g/mol. The molecule has 10 heteroatoms. The van der Waals surface area contributed by atoms with E-state index in [0.29, 0.717) is 0 Å². The van der Waals surface area contributed by atoms with E-state index in [-0.39, 0.29) is 18.6 Å². The van der Waals surface area contributed by atoms with Crippen LogP contribution in [0.15, 0.2) is 30.3 Å². The molecule has 1 amide bonds. The smallest absolute Gasteiger partial charge is 0.328 e. The van der Waals surface area contributed by atoms with Crippen LogP contribution in [-0.2, 0) is 40.3 Å². The first-order chi connectivity index (χ1) is 13.9. The third kappa shape index (κ3) is 6.81. The maximum Gasteiger partial charge on any atom is 0.328 e. The van der Waals surface area contributed by atoms with E-state index < -0.39 is 52.1 Å². The van der Waals surface area contributed by atoms with E-state index in [4.69, 9.17) is 9.47 Å². The molecule has 1 fully saturated rings. The molecule has 1 aliphatic heterocycles. The zero-order valence-corrected chi connectivity index (χ0v) is 18.4. The molecule has 0 radical (unpaired) electrons. The standard InChI is InChI=1S/C20H28N2O7S/c1-20(2,3)29-18(24)12-22-15(13-30(22,26)27)11-17(23)21-16(19(25)28-4)10-14-8-6-5-7-9-14/h5-9,15-16H,10-13H2,1-4H3,(H,21,23)/t15?,16-/m0/s1. The van der Waals surface area contributed by atoms with E-state index in [0.717, 1.165) is 9.87 Å². The minimum absolute atomic E-state index is 0.176. The number of methoxy groups -OCH3 is 1. The van der Waals surface area contributed by atoms with Crippen molar-refractivity contribution in [1.29, 1.82) is 0 Å². The van der Waals surface area contributed by atoms with Crippen LogP contribution >= 0.6 is 0 Å². The van der Waals surface area contributed by atoms with Gasteiger partial charge in [-0.2, -0.15) is 4.31 Å². The number of hydrogen-bond acceptors (Lipinski definition) is 7. The molecule has 0 spiro atoms. The normalized spacial score (nSPS) is 19.3. The minimum atomic E-state index is -3.60. The van der Waals surface area contributed by atoms with E-state index in [9.17, 15) is 22.8 Å². The van der Waals surface area contributed by atoms with Crippen LogP contribution in [-0.4, -0.2) is 67.7 Å². The summed E-state index contributed by atoms with van der Waals surface area (Å²) in [5.41, 5.74) is 0.0926. The third-order valence-electron chi connectivity index (χ3n) is 4.40. The number of nitrogens with zero attached hydrogens (tertiary/aromatic N) is 1. The Kier molecular flexibility index (Phi) is 7.59. The van der Waals surface area contributed by atoms with Crippen LogP contribution in [0.4, 0.5) is 0 Å². The second-order valence-electron chi connectivity index (χ2n) is 8.10. The van der Waals surface area contributed by atoms with Gasteiger partial charge in [-0.15, -0.1) is 0 Å². The van der Waals surface area contributed by atoms with Gasteiger partial charge in [0.25, 0.3) is 0 Å². The van der Waals surface area contributed by atoms with Crippen molar-refractivity contribution in [3.63, 3.8) is 0 Å². The highest BCUT2D eigenvalue weighted by Crippen LogP contribution is 2.25. The summed E-state index contributed by atoms with van der Waals surface area (Å²) >= 11 is 0. The number of hydrogen-bond donors (Lipinski definition) is 1. The summed E-state index contributed by atoms with van der Waals surface area (Å²) in [5.74, 6) is -2.03. The van der Waals surface area contributed by atoms with Gasteiger partial charge in [0.1, 0.15) is 18.2 Å². The lowest BCUT2D eigenvalue weighted by molar-refractivity contribution is -0.155. The van der Waals surface area contributed by atoms with Crippen molar-refractivity contribution in [2.45, 2.75) is 51.3 Å². The molecule has 0 saturated carbocycles. The van der Waals surface area contributed by atoms with Crippen molar-refractivity contribution < 1.29 is 32.3 Å². The van der Waals surface area contributed by atoms with Crippen LogP contribution in [0.3, 0.4) is 0 Å². The first-order valence-electron chi connectivity index (χ1n) is 9.54. The molecule has 1 aliphatic rings. The monoisotopic (exact) mass is 440 g/mol. The van der Waals surface area contributed by atoms with Gasteiger partial charge in [0.05, 0.1) is 12.9 Å². The highest BCUT2D eigenvalue weighted by atomic mass is 32.2. The fourth-order valence-corrected chi connectivity index (χ4v) is 4.73. The maximum atomic E-state index is 12.5. The molecule has 2 rings (SSSR count). The lowest BCUT2D eigenvalue weighted by Gasteiger charge is -2.39. The second-order valence-corrected chi connectivity index (χ2v) is 10.1. The number of carbonyl (C=O) groups is 3. The van der Waals surface area contributed by atoms with Crippen LogP contribution in [0.1, 0.15) is 32.8 Å². The Morgan fingerprint density at radius 1 is 1.20 bits per heavy atom. The molecule has 1 aromatic rings. The number of benzene rings is 1. The summed E-state index contributed by atoms with van der Waals surface area (Å²) in [7, 11) is -2.38. The summed E-state index contributed by atoms with van der Waals surface area (Å²) in [6.45, 7) is 4.59. The van der Waals surface area contributed by atoms with Gasteiger partial charge in [-0.05, 0) is 26.3 Å². The molecule has 166 valence electrons. The molecular weight excluding hydrogens is 412 g/mol. The molecule has 0 bridgehead atoms. The van der Waals surface area contributed by atoms with Crippen LogP contribution in [0.25, 0.3) is 0 Å². The molecule has 1 saturated heterocycles. The van der Waals surface area contributed by atoms with E-state index in [1.165, 1.54) is 7.11 Å². The first kappa shape index (κ1) is 23.8. The van der Waals surface area contributed by atoms with Crippen LogP contribution < -0.4 is 5.32 Å². The number of nitrogens with one attached hydrogen (secondary N) is 1. The molecule has 30 heavy (non-hydrogen) atoms. The molecule has 1 N–H and O–H groups in total. The third-order valence-corrected chi connectivity index (χ3v) is 6.34. The molecular formula is C20H28N2O7S. The van der Waals surface area contributed by atoms with Crippen LogP contribution in [0, 0.1) is 0 Å². The molecule has 0 aliphatic carbocycles. The number of esters is 2. The predicted molar refractivity (Wildman–Crippen MR) is 109 cm³/mol. The van der Waals surface area contributed by atoms with Crippen LogP contribution in [0.5, 0.6) is 0 Å². The van der Waals surface area contributed by atoms with E-state index in [2.05, 4.69) is 5.32 Å². The quantitative estimate of drug-likeness (QED) is 0.589. The minimum Gasteiger partial charge on any atom is -0.467 e. The number of ether oxygens (including phenoxy) is 2. The molecule has 9 nitrogen and oxygen atoms in total. The Bertz CT molecular complexity index is 878. The van der Waals surface area contributed by atoms with E-state index in [1.54, 1.807) is 20.8 Å². The summed E-state index contributed by atoms with van der Waals surface area (Å²) < 4.78 is 35.0. The molecule has 1 unspecified atom stereocenters. The molecule has 0 aromatic heterocycles. The van der Waals surface area contributed by atoms with E-state index in [1.807, 2.05) is 30.3 Å². The van der Waals surface area contributed by atoms with Gasteiger partial charge in [-0.3, -0.25) is 9.59 Å². The maximum absolute atomic E-state index is 12.5. The van der Waals surface area contributed by atoms with Crippen molar-refractivity contribution in [2.75, 3.05) is 19.4 Å². The Morgan fingerprint density at radius 3 is 2.37 bits per heavy atom. The molecule has 2 atom stereocenters. The molecule has 1 aromatic carbocycles. The zero-order chi connectivity index (χ0) is 22.5. The topological polar surface area (TPSA) is 119 Å². The fourth-order valence-electron chi connectivity index (χ4n) is 3.11. The Hall–Kier alpha value is -2.46. The van der Waals surface area contributed by atoms with Crippen molar-refractivity contribution in [3.8, 4) is 0 Å².